The van der Waals surface area contributed by atoms with Gasteiger partial charge in [-0.25, -0.2) is 15.0 Å². The zero-order valence-corrected chi connectivity index (χ0v) is 11.6. The molecule has 0 saturated carbocycles. The number of aromatic amines is 1. The van der Waals surface area contributed by atoms with Gasteiger partial charge in [-0.3, -0.25) is 0 Å². The van der Waals surface area contributed by atoms with Gasteiger partial charge in [0.15, 0.2) is 5.16 Å². The van der Waals surface area contributed by atoms with Gasteiger partial charge in [0.1, 0.15) is 11.2 Å². The number of nitrogens with one attached hydrogen (secondary N) is 1. The lowest BCUT2D eigenvalue weighted by molar-refractivity contribution is -0.137. The van der Waals surface area contributed by atoms with Gasteiger partial charge in [0, 0.05) is 29.5 Å². The van der Waals surface area contributed by atoms with Gasteiger partial charge >= 0.3 is 6.18 Å². The summed E-state index contributed by atoms with van der Waals surface area (Å²) in [6.45, 7) is 0. The summed E-state index contributed by atoms with van der Waals surface area (Å²) < 4.78 is 39.5. The topological polar surface area (TPSA) is 54.5 Å². The highest BCUT2D eigenvalue weighted by molar-refractivity contribution is 7.98. The number of nitrogens with zero attached hydrogens (tertiary/aromatic N) is 3. The Morgan fingerprint density at radius 1 is 1.24 bits per heavy atom. The van der Waals surface area contributed by atoms with Crippen molar-refractivity contribution in [2.45, 2.75) is 11.3 Å². The van der Waals surface area contributed by atoms with Gasteiger partial charge in [-0.05, 0) is 18.4 Å². The maximum Gasteiger partial charge on any atom is 0.419 e. The molecule has 0 fully saturated rings. The van der Waals surface area contributed by atoms with Crippen LogP contribution in [-0.2, 0) is 6.18 Å². The second-order valence-corrected chi connectivity index (χ2v) is 4.99. The summed E-state index contributed by atoms with van der Waals surface area (Å²) >= 11 is 1.19. The average molecular weight is 310 g/mol. The predicted molar refractivity (Wildman–Crippen MR) is 73.9 cm³/mol. The molecule has 108 valence electrons. The number of rotatable bonds is 2. The largest absolute Gasteiger partial charge is 0.419 e. The molecule has 21 heavy (non-hydrogen) atoms. The third kappa shape index (κ3) is 2.46. The monoisotopic (exact) mass is 310 g/mol. The Balaban J connectivity index is 2.29. The Kier molecular flexibility index (Phi) is 3.32. The Morgan fingerprint density at radius 3 is 2.76 bits per heavy atom. The minimum absolute atomic E-state index is 0.138. The quantitative estimate of drug-likeness (QED) is 0.578. The van der Waals surface area contributed by atoms with Crippen LogP contribution < -0.4 is 0 Å². The summed E-state index contributed by atoms with van der Waals surface area (Å²) in [4.78, 5) is 14.7. The van der Waals surface area contributed by atoms with Gasteiger partial charge in [-0.1, -0.05) is 11.8 Å². The number of hydrogen-bond acceptors (Lipinski definition) is 4. The number of pyridine rings is 1. The molecule has 0 aromatic carbocycles. The Morgan fingerprint density at radius 2 is 2.05 bits per heavy atom. The van der Waals surface area contributed by atoms with E-state index in [2.05, 4.69) is 19.9 Å². The maximum atomic E-state index is 13.2. The van der Waals surface area contributed by atoms with Crippen molar-refractivity contribution >= 4 is 22.8 Å². The number of fused-ring (bicyclic) bond motifs is 1. The highest BCUT2D eigenvalue weighted by atomic mass is 32.2. The fraction of sp³-hybridized carbons (Fsp3) is 0.154. The molecule has 0 unspecified atom stereocenters. The van der Waals surface area contributed by atoms with E-state index in [1.54, 1.807) is 24.6 Å². The predicted octanol–water partition coefficient (Wildman–Crippen LogP) is 3.76. The fourth-order valence-corrected chi connectivity index (χ4v) is 2.37. The zero-order valence-electron chi connectivity index (χ0n) is 10.8. The lowest BCUT2D eigenvalue weighted by atomic mass is 10.1. The Hall–Kier alpha value is -2.09. The third-order valence-corrected chi connectivity index (χ3v) is 3.52. The fourth-order valence-electron chi connectivity index (χ4n) is 2.03. The molecular formula is C13H9F3N4S. The van der Waals surface area contributed by atoms with Crippen molar-refractivity contribution in [1.29, 1.82) is 0 Å². The zero-order chi connectivity index (χ0) is 15.0. The van der Waals surface area contributed by atoms with Crippen molar-refractivity contribution in [3.05, 3.63) is 36.3 Å². The maximum absolute atomic E-state index is 13.2. The van der Waals surface area contributed by atoms with Crippen molar-refractivity contribution in [2.75, 3.05) is 6.26 Å². The van der Waals surface area contributed by atoms with Crippen LogP contribution in [0.4, 0.5) is 13.2 Å². The van der Waals surface area contributed by atoms with E-state index in [9.17, 15) is 13.2 Å². The van der Waals surface area contributed by atoms with Crippen LogP contribution in [0.2, 0.25) is 0 Å². The van der Waals surface area contributed by atoms with E-state index in [-0.39, 0.29) is 10.9 Å². The highest BCUT2D eigenvalue weighted by Gasteiger charge is 2.36. The van der Waals surface area contributed by atoms with Gasteiger partial charge < -0.3 is 4.98 Å². The van der Waals surface area contributed by atoms with Crippen LogP contribution in [0.15, 0.2) is 35.9 Å². The van der Waals surface area contributed by atoms with E-state index < -0.39 is 11.7 Å². The van der Waals surface area contributed by atoms with Crippen LogP contribution in [0.1, 0.15) is 5.56 Å². The third-order valence-electron chi connectivity index (χ3n) is 2.96. The second-order valence-electron chi connectivity index (χ2n) is 4.22. The van der Waals surface area contributed by atoms with E-state index in [0.717, 1.165) is 6.20 Å². The van der Waals surface area contributed by atoms with Crippen LogP contribution >= 0.6 is 11.8 Å². The minimum Gasteiger partial charge on any atom is -0.345 e. The lowest BCUT2D eigenvalue weighted by Gasteiger charge is -2.11. The second kappa shape index (κ2) is 5.03. The van der Waals surface area contributed by atoms with E-state index >= 15 is 0 Å². The molecule has 8 heteroatoms. The molecule has 1 N–H and O–H groups in total. The van der Waals surface area contributed by atoms with Crippen LogP contribution in [-0.4, -0.2) is 26.2 Å². The summed E-state index contributed by atoms with van der Waals surface area (Å²) in [5.74, 6) is 0. The number of thioether (sulfide) groups is 1. The van der Waals surface area contributed by atoms with Gasteiger partial charge in [-0.15, -0.1) is 0 Å². The molecule has 3 aromatic rings. The van der Waals surface area contributed by atoms with E-state index in [0.29, 0.717) is 16.6 Å². The summed E-state index contributed by atoms with van der Waals surface area (Å²) in [6, 6.07) is 3.37. The molecule has 0 bridgehead atoms. The van der Waals surface area contributed by atoms with E-state index in [4.69, 9.17) is 0 Å². The van der Waals surface area contributed by atoms with Crippen molar-refractivity contribution < 1.29 is 13.2 Å². The van der Waals surface area contributed by atoms with Crippen LogP contribution in [0.3, 0.4) is 0 Å². The Bertz CT molecular complexity index is 797. The van der Waals surface area contributed by atoms with E-state index in [1.165, 1.54) is 18.0 Å². The first-order chi connectivity index (χ1) is 10.0. The molecule has 3 rings (SSSR count). The molecule has 0 aliphatic carbocycles. The van der Waals surface area contributed by atoms with Gasteiger partial charge in [0.05, 0.1) is 5.69 Å². The highest BCUT2D eigenvalue weighted by Crippen LogP contribution is 2.38. The minimum atomic E-state index is -4.52. The first-order valence-electron chi connectivity index (χ1n) is 5.91. The van der Waals surface area contributed by atoms with Gasteiger partial charge in [0.2, 0.25) is 0 Å². The molecule has 0 amide bonds. The van der Waals surface area contributed by atoms with Crippen LogP contribution in [0, 0.1) is 0 Å². The summed E-state index contributed by atoms with van der Waals surface area (Å²) in [5.41, 5.74) is -0.112. The first kappa shape index (κ1) is 13.9. The number of hydrogen-bond donors (Lipinski definition) is 1. The SMILES string of the molecule is CSc1ncc(C(F)(F)F)c(-c2c[nH]c3ncccc23)n1. The molecule has 0 aliphatic heterocycles. The van der Waals surface area contributed by atoms with Crippen LogP contribution in [0.5, 0.6) is 0 Å². The summed E-state index contributed by atoms with van der Waals surface area (Å²) in [5, 5.41) is 0.880. The standard InChI is InChI=1S/C13H9F3N4S/c1-21-12-19-6-9(13(14,15)16)10(20-12)8-5-18-11-7(8)3-2-4-17-11/h2-6H,1H3,(H,17,18). The number of aromatic nitrogens is 4. The molecular weight excluding hydrogens is 301 g/mol. The lowest BCUT2D eigenvalue weighted by Crippen LogP contribution is -2.10. The molecule has 0 aliphatic rings. The number of halogens is 3. The van der Waals surface area contributed by atoms with Gasteiger partial charge in [0.25, 0.3) is 0 Å². The summed E-state index contributed by atoms with van der Waals surface area (Å²) in [6.07, 6.45) is 1.07. The van der Waals surface area contributed by atoms with Crippen molar-refractivity contribution in [3.63, 3.8) is 0 Å². The van der Waals surface area contributed by atoms with Crippen molar-refractivity contribution in [3.8, 4) is 11.3 Å². The molecule has 3 heterocycles. The van der Waals surface area contributed by atoms with Crippen molar-refractivity contribution in [2.24, 2.45) is 0 Å². The number of alkyl halides is 3. The molecule has 0 atom stereocenters. The molecule has 3 aromatic heterocycles. The molecule has 0 spiro atoms. The normalized spacial score (nSPS) is 12.0. The molecule has 0 radical (unpaired) electrons. The van der Waals surface area contributed by atoms with E-state index in [1.807, 2.05) is 0 Å². The molecule has 4 nitrogen and oxygen atoms in total. The Labute approximate surface area is 121 Å². The van der Waals surface area contributed by atoms with Crippen LogP contribution in [0.25, 0.3) is 22.3 Å². The number of H-pyrrole nitrogens is 1. The smallest absolute Gasteiger partial charge is 0.345 e. The summed E-state index contributed by atoms with van der Waals surface area (Å²) in [7, 11) is 0. The first-order valence-corrected chi connectivity index (χ1v) is 7.14. The average Bonchev–Trinajstić information content (AvgIpc) is 2.89. The van der Waals surface area contributed by atoms with Gasteiger partial charge in [-0.2, -0.15) is 13.2 Å². The molecule has 0 saturated heterocycles. The van der Waals surface area contributed by atoms with Crippen molar-refractivity contribution in [1.82, 2.24) is 19.9 Å².